The van der Waals surface area contributed by atoms with Gasteiger partial charge >= 0.3 is 6.03 Å². The summed E-state index contributed by atoms with van der Waals surface area (Å²) < 4.78 is 10.9. The van der Waals surface area contributed by atoms with Crippen LogP contribution in [0.15, 0.2) is 12.1 Å². The number of fused-ring (bicyclic) bond motifs is 1. The van der Waals surface area contributed by atoms with Crippen LogP contribution in [-0.2, 0) is 6.42 Å². The van der Waals surface area contributed by atoms with Gasteiger partial charge < -0.3 is 25.4 Å². The first-order chi connectivity index (χ1) is 12.1. The van der Waals surface area contributed by atoms with Crippen molar-refractivity contribution in [3.05, 3.63) is 23.3 Å². The van der Waals surface area contributed by atoms with E-state index in [0.717, 1.165) is 17.5 Å². The van der Waals surface area contributed by atoms with Crippen LogP contribution < -0.4 is 20.5 Å². The predicted octanol–water partition coefficient (Wildman–Crippen LogP) is 3.09. The van der Waals surface area contributed by atoms with E-state index in [1.54, 1.807) is 14.2 Å². The van der Waals surface area contributed by atoms with Crippen LogP contribution in [0.5, 0.6) is 11.5 Å². The highest BCUT2D eigenvalue weighted by Crippen LogP contribution is 2.40. The summed E-state index contributed by atoms with van der Waals surface area (Å²) in [7, 11) is 3.25. The Morgan fingerprint density at radius 1 is 1.23 bits per heavy atom. The van der Waals surface area contributed by atoms with Crippen molar-refractivity contribution in [2.45, 2.75) is 58.7 Å². The van der Waals surface area contributed by atoms with E-state index in [0.29, 0.717) is 18.0 Å². The molecule has 1 heterocycles. The highest BCUT2D eigenvalue weighted by Gasteiger charge is 2.37. The summed E-state index contributed by atoms with van der Waals surface area (Å²) in [6, 6.07) is 3.50. The lowest BCUT2D eigenvalue weighted by Gasteiger charge is -2.43. The molecule has 0 spiro atoms. The molecule has 0 bridgehead atoms. The number of hydrogen-bond acceptors (Lipinski definition) is 4. The van der Waals surface area contributed by atoms with Gasteiger partial charge in [0.1, 0.15) is 0 Å². The number of nitrogens with one attached hydrogen (secondary N) is 1. The molecular weight excluding hydrogens is 330 g/mol. The Morgan fingerprint density at radius 3 is 2.31 bits per heavy atom. The van der Waals surface area contributed by atoms with Crippen LogP contribution in [0.4, 0.5) is 4.79 Å². The maximum Gasteiger partial charge on any atom is 0.318 e. The second kappa shape index (κ2) is 7.74. The Hall–Kier alpha value is -1.95. The van der Waals surface area contributed by atoms with E-state index in [1.165, 1.54) is 0 Å². The van der Waals surface area contributed by atoms with Gasteiger partial charge in [0.2, 0.25) is 0 Å². The van der Waals surface area contributed by atoms with Crippen LogP contribution in [0.2, 0.25) is 0 Å². The summed E-state index contributed by atoms with van der Waals surface area (Å²) in [5.41, 5.74) is 8.46. The number of hydrogen-bond donors (Lipinski definition) is 2. The number of carbonyl (C=O) groups is 1. The van der Waals surface area contributed by atoms with Gasteiger partial charge in [-0.25, -0.2) is 4.79 Å². The molecule has 26 heavy (non-hydrogen) atoms. The lowest BCUT2D eigenvalue weighted by Crippen LogP contribution is -2.55. The second-order valence-corrected chi connectivity index (χ2v) is 8.30. The normalized spacial score (nSPS) is 18.3. The first-order valence-corrected chi connectivity index (χ1v) is 9.18. The molecule has 0 aromatic heterocycles. The van der Waals surface area contributed by atoms with Gasteiger partial charge in [-0.15, -0.1) is 0 Å². The third-order valence-corrected chi connectivity index (χ3v) is 4.80. The number of rotatable bonds is 4. The Morgan fingerprint density at radius 2 is 1.81 bits per heavy atom. The van der Waals surface area contributed by atoms with E-state index in [2.05, 4.69) is 19.2 Å². The van der Waals surface area contributed by atoms with Gasteiger partial charge in [0.25, 0.3) is 0 Å². The van der Waals surface area contributed by atoms with Crippen molar-refractivity contribution in [1.82, 2.24) is 10.2 Å². The number of amides is 2. The third-order valence-electron chi connectivity index (χ3n) is 4.80. The minimum absolute atomic E-state index is 0.0842. The second-order valence-electron chi connectivity index (χ2n) is 8.30. The van der Waals surface area contributed by atoms with Crippen molar-refractivity contribution in [3.8, 4) is 11.5 Å². The molecule has 0 saturated heterocycles. The SMILES string of the molecule is COc1cc2c(cc1OC)C(C(N)C(C)C)N(C(=O)NC(C)(C)C)CC2. The van der Waals surface area contributed by atoms with E-state index in [1.807, 2.05) is 37.8 Å². The van der Waals surface area contributed by atoms with Crippen LogP contribution in [0, 0.1) is 5.92 Å². The van der Waals surface area contributed by atoms with Crippen LogP contribution in [0.3, 0.4) is 0 Å². The number of benzene rings is 1. The van der Waals surface area contributed by atoms with Gasteiger partial charge in [-0.05, 0) is 56.4 Å². The molecule has 0 aliphatic carbocycles. The number of urea groups is 1. The largest absolute Gasteiger partial charge is 0.493 e. The minimum atomic E-state index is -0.304. The molecule has 146 valence electrons. The maximum absolute atomic E-state index is 12.9. The fourth-order valence-corrected chi connectivity index (χ4v) is 3.38. The zero-order chi connectivity index (χ0) is 19.6. The van der Waals surface area contributed by atoms with E-state index in [4.69, 9.17) is 15.2 Å². The molecule has 1 aliphatic rings. The van der Waals surface area contributed by atoms with E-state index in [9.17, 15) is 4.79 Å². The fraction of sp³-hybridized carbons (Fsp3) is 0.650. The van der Waals surface area contributed by atoms with Crippen molar-refractivity contribution < 1.29 is 14.3 Å². The minimum Gasteiger partial charge on any atom is -0.493 e. The molecule has 2 amide bonds. The van der Waals surface area contributed by atoms with Gasteiger partial charge in [0, 0.05) is 18.1 Å². The van der Waals surface area contributed by atoms with Gasteiger partial charge in [0.05, 0.1) is 20.3 Å². The third kappa shape index (κ3) is 4.23. The first kappa shape index (κ1) is 20.4. The summed E-state index contributed by atoms with van der Waals surface area (Å²) in [5.74, 6) is 1.59. The molecule has 2 unspecified atom stereocenters. The average molecular weight is 364 g/mol. The quantitative estimate of drug-likeness (QED) is 0.862. The molecular formula is C20H33N3O3. The summed E-state index contributed by atoms with van der Waals surface area (Å²) >= 11 is 0. The van der Waals surface area contributed by atoms with Crippen LogP contribution in [0.25, 0.3) is 0 Å². The topological polar surface area (TPSA) is 76.8 Å². The number of methoxy groups -OCH3 is 2. The molecule has 3 N–H and O–H groups in total. The van der Waals surface area contributed by atoms with Crippen molar-refractivity contribution in [2.75, 3.05) is 20.8 Å². The number of nitrogens with zero attached hydrogens (tertiary/aromatic N) is 1. The van der Waals surface area contributed by atoms with Gasteiger partial charge in [-0.2, -0.15) is 0 Å². The number of carbonyl (C=O) groups excluding carboxylic acids is 1. The summed E-state index contributed by atoms with van der Waals surface area (Å²) in [5, 5.41) is 3.07. The van der Waals surface area contributed by atoms with Crippen molar-refractivity contribution in [2.24, 2.45) is 11.7 Å². The van der Waals surface area contributed by atoms with Gasteiger partial charge in [-0.3, -0.25) is 0 Å². The van der Waals surface area contributed by atoms with E-state index >= 15 is 0 Å². The van der Waals surface area contributed by atoms with Gasteiger partial charge in [-0.1, -0.05) is 13.8 Å². The van der Waals surface area contributed by atoms with Crippen molar-refractivity contribution in [3.63, 3.8) is 0 Å². The lowest BCUT2D eigenvalue weighted by atomic mass is 9.84. The Labute approximate surface area is 157 Å². The first-order valence-electron chi connectivity index (χ1n) is 9.18. The van der Waals surface area contributed by atoms with Crippen LogP contribution in [-0.4, -0.2) is 43.3 Å². The molecule has 0 fully saturated rings. The van der Waals surface area contributed by atoms with Crippen LogP contribution >= 0.6 is 0 Å². The monoisotopic (exact) mass is 363 g/mol. The highest BCUT2D eigenvalue weighted by atomic mass is 16.5. The summed E-state index contributed by atoms with van der Waals surface area (Å²) in [6.07, 6.45) is 0.758. The molecule has 6 heteroatoms. The molecule has 1 aromatic carbocycles. The average Bonchev–Trinajstić information content (AvgIpc) is 2.56. The number of ether oxygens (including phenoxy) is 2. The van der Waals surface area contributed by atoms with E-state index < -0.39 is 0 Å². The lowest BCUT2D eigenvalue weighted by molar-refractivity contribution is 0.140. The Bertz CT molecular complexity index is 652. The smallest absolute Gasteiger partial charge is 0.318 e. The molecule has 0 radical (unpaired) electrons. The zero-order valence-corrected chi connectivity index (χ0v) is 17.1. The molecule has 1 aromatic rings. The Kier molecular flexibility index (Phi) is 6.06. The standard InChI is InChI=1S/C20H33N3O3/c1-12(2)17(21)18-14-11-16(26-7)15(25-6)10-13(14)8-9-23(18)19(24)22-20(3,4)5/h10-12,17-18H,8-9,21H2,1-7H3,(H,22,24). The molecule has 0 saturated carbocycles. The maximum atomic E-state index is 12.9. The number of nitrogens with two attached hydrogens (primary N) is 1. The zero-order valence-electron chi connectivity index (χ0n) is 17.1. The van der Waals surface area contributed by atoms with Crippen molar-refractivity contribution >= 4 is 6.03 Å². The van der Waals surface area contributed by atoms with Crippen molar-refractivity contribution in [1.29, 1.82) is 0 Å². The molecule has 2 atom stereocenters. The van der Waals surface area contributed by atoms with Crippen LogP contribution in [0.1, 0.15) is 51.8 Å². The molecule has 6 nitrogen and oxygen atoms in total. The van der Waals surface area contributed by atoms with E-state index in [-0.39, 0.29) is 29.6 Å². The highest BCUT2D eigenvalue weighted by molar-refractivity contribution is 5.76. The molecule has 2 rings (SSSR count). The Balaban J connectivity index is 2.50. The molecule has 1 aliphatic heterocycles. The van der Waals surface area contributed by atoms with Gasteiger partial charge in [0.15, 0.2) is 11.5 Å². The predicted molar refractivity (Wildman–Crippen MR) is 104 cm³/mol. The summed E-state index contributed by atoms with van der Waals surface area (Å²) in [6.45, 7) is 10.7. The summed E-state index contributed by atoms with van der Waals surface area (Å²) in [4.78, 5) is 14.8. The fourth-order valence-electron chi connectivity index (χ4n) is 3.38.